The second-order valence-corrected chi connectivity index (χ2v) is 3.39. The summed E-state index contributed by atoms with van der Waals surface area (Å²) in [4.78, 5) is 3.89. The van der Waals surface area contributed by atoms with E-state index < -0.39 is 0 Å². The van der Waals surface area contributed by atoms with E-state index in [-0.39, 0.29) is 5.82 Å². The largest absolute Gasteiger partial charge is 0.354 e. The Morgan fingerprint density at radius 1 is 1.13 bits per heavy atom. The molecule has 0 unspecified atom stereocenters. The zero-order valence-corrected chi connectivity index (χ0v) is 8.50. The van der Waals surface area contributed by atoms with Gasteiger partial charge in [0.1, 0.15) is 5.82 Å². The van der Waals surface area contributed by atoms with E-state index in [0.29, 0.717) is 10.7 Å². The molecule has 4 heteroatoms. The van der Waals surface area contributed by atoms with Gasteiger partial charge in [-0.25, -0.2) is 4.39 Å². The lowest BCUT2D eigenvalue weighted by Gasteiger charge is -2.07. The Morgan fingerprint density at radius 2 is 1.87 bits per heavy atom. The minimum absolute atomic E-state index is 0.347. The molecule has 0 bridgehead atoms. The molecule has 0 saturated carbocycles. The molecule has 0 radical (unpaired) electrons. The van der Waals surface area contributed by atoms with Crippen LogP contribution in [0.25, 0.3) is 0 Å². The zero-order valence-electron chi connectivity index (χ0n) is 7.74. The first-order valence-electron chi connectivity index (χ1n) is 4.38. The number of rotatable bonds is 2. The van der Waals surface area contributed by atoms with E-state index >= 15 is 0 Å². The van der Waals surface area contributed by atoms with Crippen molar-refractivity contribution in [3.05, 3.63) is 53.6 Å². The fourth-order valence-corrected chi connectivity index (χ4v) is 1.40. The Hall–Kier alpha value is -1.61. The Kier molecular flexibility index (Phi) is 2.83. The van der Waals surface area contributed by atoms with Crippen molar-refractivity contribution >= 4 is 23.0 Å². The van der Waals surface area contributed by atoms with Crippen molar-refractivity contribution in [3.8, 4) is 0 Å². The number of benzene rings is 1. The third-order valence-corrected chi connectivity index (χ3v) is 2.20. The molecule has 0 aliphatic rings. The van der Waals surface area contributed by atoms with Crippen molar-refractivity contribution in [1.29, 1.82) is 0 Å². The molecule has 0 amide bonds. The second-order valence-electron chi connectivity index (χ2n) is 2.99. The first-order chi connectivity index (χ1) is 7.25. The molecule has 1 aromatic carbocycles. The zero-order chi connectivity index (χ0) is 10.7. The standard InChI is InChI=1S/C11H8ClFN2/c12-10-7-8(13)1-2-11(10)15-9-3-5-14-6-4-9/h1-7H,(H,14,15). The number of nitrogens with one attached hydrogen (secondary N) is 1. The summed E-state index contributed by atoms with van der Waals surface area (Å²) < 4.78 is 12.8. The number of hydrogen-bond donors (Lipinski definition) is 1. The van der Waals surface area contributed by atoms with Crippen LogP contribution in [0.2, 0.25) is 5.02 Å². The summed E-state index contributed by atoms with van der Waals surface area (Å²) >= 11 is 5.86. The Bertz CT molecular complexity index is 459. The molecule has 1 aromatic heterocycles. The molecular weight excluding hydrogens is 215 g/mol. The fraction of sp³-hybridized carbons (Fsp3) is 0. The summed E-state index contributed by atoms with van der Waals surface area (Å²) in [6.45, 7) is 0. The third-order valence-electron chi connectivity index (χ3n) is 1.89. The summed E-state index contributed by atoms with van der Waals surface area (Å²) in [5, 5.41) is 3.41. The quantitative estimate of drug-likeness (QED) is 0.840. The highest BCUT2D eigenvalue weighted by Crippen LogP contribution is 2.25. The van der Waals surface area contributed by atoms with Gasteiger partial charge in [-0.3, -0.25) is 4.98 Å². The van der Waals surface area contributed by atoms with Gasteiger partial charge in [-0.15, -0.1) is 0 Å². The number of pyridine rings is 1. The second kappa shape index (κ2) is 4.28. The number of halogens is 2. The molecule has 0 atom stereocenters. The Morgan fingerprint density at radius 3 is 2.53 bits per heavy atom. The van der Waals surface area contributed by atoms with E-state index in [0.717, 1.165) is 5.69 Å². The highest BCUT2D eigenvalue weighted by atomic mass is 35.5. The van der Waals surface area contributed by atoms with Crippen LogP contribution >= 0.6 is 11.6 Å². The van der Waals surface area contributed by atoms with Gasteiger partial charge in [-0.05, 0) is 30.3 Å². The predicted octanol–water partition coefficient (Wildman–Crippen LogP) is 3.62. The molecule has 15 heavy (non-hydrogen) atoms. The molecule has 2 nitrogen and oxygen atoms in total. The lowest BCUT2D eigenvalue weighted by atomic mass is 10.3. The van der Waals surface area contributed by atoms with Gasteiger partial charge in [0, 0.05) is 18.1 Å². The SMILES string of the molecule is Fc1ccc(Nc2ccncc2)c(Cl)c1. The summed E-state index contributed by atoms with van der Waals surface area (Å²) in [7, 11) is 0. The summed E-state index contributed by atoms with van der Waals surface area (Å²) in [6, 6.07) is 7.83. The summed E-state index contributed by atoms with van der Waals surface area (Å²) in [6.07, 6.45) is 3.33. The maximum absolute atomic E-state index is 12.8. The highest BCUT2D eigenvalue weighted by molar-refractivity contribution is 6.33. The predicted molar refractivity (Wildman–Crippen MR) is 58.9 cm³/mol. The molecule has 0 aliphatic heterocycles. The maximum atomic E-state index is 12.8. The minimum Gasteiger partial charge on any atom is -0.354 e. The van der Waals surface area contributed by atoms with E-state index in [1.54, 1.807) is 30.6 Å². The minimum atomic E-state index is -0.347. The average Bonchev–Trinajstić information content (AvgIpc) is 2.24. The molecule has 2 rings (SSSR count). The molecule has 76 valence electrons. The normalized spacial score (nSPS) is 10.0. The van der Waals surface area contributed by atoms with Crippen molar-refractivity contribution in [2.24, 2.45) is 0 Å². The first-order valence-corrected chi connectivity index (χ1v) is 4.75. The van der Waals surface area contributed by atoms with Crippen LogP contribution in [0.15, 0.2) is 42.7 Å². The van der Waals surface area contributed by atoms with Gasteiger partial charge in [-0.2, -0.15) is 0 Å². The first kappa shape index (κ1) is 9.93. The fourth-order valence-electron chi connectivity index (χ4n) is 1.18. The monoisotopic (exact) mass is 222 g/mol. The van der Waals surface area contributed by atoms with E-state index in [1.807, 2.05) is 0 Å². The van der Waals surface area contributed by atoms with Crippen LogP contribution in [-0.2, 0) is 0 Å². The van der Waals surface area contributed by atoms with Crippen molar-refractivity contribution in [1.82, 2.24) is 4.98 Å². The van der Waals surface area contributed by atoms with Crippen LogP contribution in [0.1, 0.15) is 0 Å². The van der Waals surface area contributed by atoms with Gasteiger partial charge in [0.25, 0.3) is 0 Å². The number of anilines is 2. The molecule has 2 aromatic rings. The van der Waals surface area contributed by atoms with Gasteiger partial charge in [-0.1, -0.05) is 11.6 Å². The van der Waals surface area contributed by atoms with Crippen molar-refractivity contribution < 1.29 is 4.39 Å². The third kappa shape index (κ3) is 2.44. The van der Waals surface area contributed by atoms with E-state index in [9.17, 15) is 4.39 Å². The molecular formula is C11H8ClFN2. The molecule has 0 fully saturated rings. The van der Waals surface area contributed by atoms with Crippen LogP contribution in [0.5, 0.6) is 0 Å². The number of aromatic nitrogens is 1. The van der Waals surface area contributed by atoms with Crippen molar-refractivity contribution in [2.75, 3.05) is 5.32 Å². The Balaban J connectivity index is 2.25. The van der Waals surface area contributed by atoms with E-state index in [4.69, 9.17) is 11.6 Å². The lowest BCUT2D eigenvalue weighted by Crippen LogP contribution is -1.91. The molecule has 0 spiro atoms. The van der Waals surface area contributed by atoms with Crippen LogP contribution < -0.4 is 5.32 Å². The average molecular weight is 223 g/mol. The summed E-state index contributed by atoms with van der Waals surface area (Å²) in [5.41, 5.74) is 1.53. The van der Waals surface area contributed by atoms with Gasteiger partial charge < -0.3 is 5.32 Å². The number of nitrogens with zero attached hydrogens (tertiary/aromatic N) is 1. The molecule has 1 heterocycles. The van der Waals surface area contributed by atoms with Crippen LogP contribution in [0.4, 0.5) is 15.8 Å². The van der Waals surface area contributed by atoms with Crippen molar-refractivity contribution in [2.45, 2.75) is 0 Å². The summed E-state index contributed by atoms with van der Waals surface area (Å²) in [5.74, 6) is -0.347. The van der Waals surface area contributed by atoms with Crippen LogP contribution in [0.3, 0.4) is 0 Å². The topological polar surface area (TPSA) is 24.9 Å². The van der Waals surface area contributed by atoms with Crippen molar-refractivity contribution in [3.63, 3.8) is 0 Å². The van der Waals surface area contributed by atoms with E-state index in [1.165, 1.54) is 12.1 Å². The maximum Gasteiger partial charge on any atom is 0.124 e. The van der Waals surface area contributed by atoms with E-state index in [2.05, 4.69) is 10.3 Å². The van der Waals surface area contributed by atoms with Gasteiger partial charge in [0.05, 0.1) is 10.7 Å². The van der Waals surface area contributed by atoms with Gasteiger partial charge >= 0.3 is 0 Å². The molecule has 1 N–H and O–H groups in total. The van der Waals surface area contributed by atoms with Gasteiger partial charge in [0.15, 0.2) is 0 Å². The lowest BCUT2D eigenvalue weighted by molar-refractivity contribution is 0.628. The highest BCUT2D eigenvalue weighted by Gasteiger charge is 2.01. The Labute approximate surface area is 91.7 Å². The smallest absolute Gasteiger partial charge is 0.124 e. The van der Waals surface area contributed by atoms with Crippen LogP contribution in [0, 0.1) is 5.82 Å². The molecule has 0 aliphatic carbocycles. The van der Waals surface area contributed by atoms with Gasteiger partial charge in [0.2, 0.25) is 0 Å². The number of hydrogen-bond acceptors (Lipinski definition) is 2. The molecule has 0 saturated heterocycles. The van der Waals surface area contributed by atoms with Crippen LogP contribution in [-0.4, -0.2) is 4.98 Å².